The molecule has 0 aromatic heterocycles. The summed E-state index contributed by atoms with van der Waals surface area (Å²) in [5.74, 6) is 0. The van der Waals surface area contributed by atoms with Gasteiger partial charge in [-0.05, 0) is 38.7 Å². The van der Waals surface area contributed by atoms with Gasteiger partial charge < -0.3 is 5.73 Å². The first-order chi connectivity index (χ1) is 12.3. The van der Waals surface area contributed by atoms with E-state index in [0.717, 1.165) is 16.5 Å². The highest BCUT2D eigenvalue weighted by atomic mass is 14.6. The smallest absolute Gasteiger partial charge is 0.0473 e. The Morgan fingerprint density at radius 3 is 1.64 bits per heavy atom. The Balaban J connectivity index is 1.97. The van der Waals surface area contributed by atoms with Crippen LogP contribution >= 0.6 is 0 Å². The Labute approximate surface area is 146 Å². The van der Waals surface area contributed by atoms with Crippen LogP contribution < -0.4 is 5.73 Å². The normalized spacial score (nSPS) is 11.4. The maximum absolute atomic E-state index is 6.49. The van der Waals surface area contributed by atoms with E-state index in [2.05, 4.69) is 91.0 Å². The Morgan fingerprint density at radius 2 is 1.00 bits per heavy atom. The maximum Gasteiger partial charge on any atom is 0.0473 e. The summed E-state index contributed by atoms with van der Waals surface area (Å²) in [7, 11) is 0. The summed E-state index contributed by atoms with van der Waals surface area (Å²) in [6, 6.07) is 32.0. The SMILES string of the molecule is Nc1c2ccccc2c(-c2ccc3ccccc3c2)c2ccccc12. The third-order valence-corrected chi connectivity index (χ3v) is 5.01. The van der Waals surface area contributed by atoms with Crippen molar-refractivity contribution in [1.82, 2.24) is 0 Å². The molecule has 5 aromatic rings. The van der Waals surface area contributed by atoms with Gasteiger partial charge in [-0.3, -0.25) is 0 Å². The van der Waals surface area contributed by atoms with Crippen LogP contribution in [0.2, 0.25) is 0 Å². The summed E-state index contributed by atoms with van der Waals surface area (Å²) in [6.07, 6.45) is 0. The molecule has 0 unspecified atom stereocenters. The molecule has 0 aliphatic rings. The van der Waals surface area contributed by atoms with Crippen molar-refractivity contribution in [3.63, 3.8) is 0 Å². The first-order valence-corrected chi connectivity index (χ1v) is 8.51. The first-order valence-electron chi connectivity index (χ1n) is 8.51. The van der Waals surface area contributed by atoms with Gasteiger partial charge in [-0.2, -0.15) is 0 Å². The third kappa shape index (κ3) is 2.10. The molecule has 0 aliphatic heterocycles. The van der Waals surface area contributed by atoms with E-state index in [-0.39, 0.29) is 0 Å². The molecule has 118 valence electrons. The second-order valence-electron chi connectivity index (χ2n) is 6.44. The van der Waals surface area contributed by atoms with Gasteiger partial charge in [0.2, 0.25) is 0 Å². The minimum absolute atomic E-state index is 0.857. The number of benzene rings is 5. The molecular weight excluding hydrogens is 302 g/mol. The predicted molar refractivity (Wildman–Crippen MR) is 109 cm³/mol. The molecule has 0 spiro atoms. The zero-order valence-electron chi connectivity index (χ0n) is 13.7. The lowest BCUT2D eigenvalue weighted by molar-refractivity contribution is 1.70. The fourth-order valence-corrected chi connectivity index (χ4v) is 3.82. The Hall–Kier alpha value is -3.32. The lowest BCUT2D eigenvalue weighted by Crippen LogP contribution is -1.93. The third-order valence-electron chi connectivity index (χ3n) is 5.01. The topological polar surface area (TPSA) is 26.0 Å². The predicted octanol–water partition coefficient (Wildman–Crippen LogP) is 6.40. The van der Waals surface area contributed by atoms with Crippen molar-refractivity contribution >= 4 is 38.0 Å². The molecule has 2 N–H and O–H groups in total. The van der Waals surface area contributed by atoms with Crippen LogP contribution in [-0.4, -0.2) is 0 Å². The van der Waals surface area contributed by atoms with E-state index in [4.69, 9.17) is 5.73 Å². The van der Waals surface area contributed by atoms with Gasteiger partial charge in [-0.1, -0.05) is 84.9 Å². The molecule has 0 amide bonds. The summed E-state index contributed by atoms with van der Waals surface area (Å²) < 4.78 is 0. The number of hydrogen-bond donors (Lipinski definition) is 1. The van der Waals surface area contributed by atoms with Gasteiger partial charge in [-0.25, -0.2) is 0 Å². The number of rotatable bonds is 1. The highest BCUT2D eigenvalue weighted by molar-refractivity contribution is 6.20. The largest absolute Gasteiger partial charge is 0.398 e. The number of nitrogens with two attached hydrogens (primary N) is 1. The number of hydrogen-bond acceptors (Lipinski definition) is 1. The molecule has 25 heavy (non-hydrogen) atoms. The van der Waals surface area contributed by atoms with Crippen LogP contribution in [0.1, 0.15) is 0 Å². The summed E-state index contributed by atoms with van der Waals surface area (Å²) in [6.45, 7) is 0. The van der Waals surface area contributed by atoms with E-state index >= 15 is 0 Å². The number of anilines is 1. The number of fused-ring (bicyclic) bond motifs is 3. The lowest BCUT2D eigenvalue weighted by atomic mass is 9.90. The van der Waals surface area contributed by atoms with Crippen LogP contribution in [-0.2, 0) is 0 Å². The van der Waals surface area contributed by atoms with Gasteiger partial charge in [-0.15, -0.1) is 0 Å². The van der Waals surface area contributed by atoms with Crippen LogP contribution in [0.15, 0.2) is 91.0 Å². The Kier molecular flexibility index (Phi) is 3.01. The molecule has 1 nitrogen and oxygen atoms in total. The van der Waals surface area contributed by atoms with Crippen LogP contribution in [0.25, 0.3) is 43.4 Å². The van der Waals surface area contributed by atoms with Crippen molar-refractivity contribution in [1.29, 1.82) is 0 Å². The van der Waals surface area contributed by atoms with E-state index in [1.54, 1.807) is 0 Å². The quantitative estimate of drug-likeness (QED) is 0.281. The molecular formula is C24H17N. The van der Waals surface area contributed by atoms with Crippen molar-refractivity contribution in [2.75, 3.05) is 5.73 Å². The average Bonchev–Trinajstić information content (AvgIpc) is 2.68. The fourth-order valence-electron chi connectivity index (χ4n) is 3.82. The van der Waals surface area contributed by atoms with E-state index in [9.17, 15) is 0 Å². The molecule has 0 saturated heterocycles. The van der Waals surface area contributed by atoms with Gasteiger partial charge in [0.25, 0.3) is 0 Å². The van der Waals surface area contributed by atoms with Crippen molar-refractivity contribution in [3.8, 4) is 11.1 Å². The minimum Gasteiger partial charge on any atom is -0.398 e. The fraction of sp³-hybridized carbons (Fsp3) is 0. The molecule has 0 bridgehead atoms. The summed E-state index contributed by atoms with van der Waals surface area (Å²) >= 11 is 0. The van der Waals surface area contributed by atoms with Gasteiger partial charge >= 0.3 is 0 Å². The molecule has 0 radical (unpaired) electrons. The van der Waals surface area contributed by atoms with Crippen molar-refractivity contribution < 1.29 is 0 Å². The molecule has 0 aliphatic carbocycles. The van der Waals surface area contributed by atoms with E-state index in [1.807, 2.05) is 0 Å². The summed E-state index contributed by atoms with van der Waals surface area (Å²) in [5.41, 5.74) is 9.83. The standard InChI is InChI=1S/C24H17N/c25-24-21-11-5-3-9-19(21)23(20-10-4-6-12-22(20)24)18-14-13-16-7-1-2-8-17(16)15-18/h1-15H,25H2. The van der Waals surface area contributed by atoms with Gasteiger partial charge in [0.1, 0.15) is 0 Å². The van der Waals surface area contributed by atoms with E-state index < -0.39 is 0 Å². The Bertz CT molecular complexity index is 1190. The van der Waals surface area contributed by atoms with Crippen LogP contribution in [0, 0.1) is 0 Å². The zero-order chi connectivity index (χ0) is 16.8. The second-order valence-corrected chi connectivity index (χ2v) is 6.44. The molecule has 0 atom stereocenters. The maximum atomic E-state index is 6.49. The van der Waals surface area contributed by atoms with Gasteiger partial charge in [0.05, 0.1) is 0 Å². The molecule has 0 heterocycles. The molecule has 5 rings (SSSR count). The van der Waals surface area contributed by atoms with Gasteiger partial charge in [0.15, 0.2) is 0 Å². The summed E-state index contributed by atoms with van der Waals surface area (Å²) in [5, 5.41) is 7.15. The van der Waals surface area contributed by atoms with Crippen LogP contribution in [0.4, 0.5) is 5.69 Å². The monoisotopic (exact) mass is 319 g/mol. The average molecular weight is 319 g/mol. The summed E-state index contributed by atoms with van der Waals surface area (Å²) in [4.78, 5) is 0. The Morgan fingerprint density at radius 1 is 0.480 bits per heavy atom. The van der Waals surface area contributed by atoms with E-state index in [1.165, 1.54) is 32.7 Å². The van der Waals surface area contributed by atoms with Gasteiger partial charge in [0, 0.05) is 16.5 Å². The van der Waals surface area contributed by atoms with Crippen LogP contribution in [0.5, 0.6) is 0 Å². The molecule has 0 fully saturated rings. The van der Waals surface area contributed by atoms with E-state index in [0.29, 0.717) is 0 Å². The van der Waals surface area contributed by atoms with Crippen LogP contribution in [0.3, 0.4) is 0 Å². The number of nitrogen functional groups attached to an aromatic ring is 1. The first kappa shape index (κ1) is 14.1. The van der Waals surface area contributed by atoms with Crippen molar-refractivity contribution in [2.24, 2.45) is 0 Å². The molecule has 0 saturated carbocycles. The second kappa shape index (κ2) is 5.35. The highest BCUT2D eigenvalue weighted by Gasteiger charge is 2.13. The highest BCUT2D eigenvalue weighted by Crippen LogP contribution is 2.41. The minimum atomic E-state index is 0.857. The zero-order valence-corrected chi connectivity index (χ0v) is 13.7. The molecule has 5 aromatic carbocycles. The van der Waals surface area contributed by atoms with Crippen molar-refractivity contribution in [2.45, 2.75) is 0 Å². The van der Waals surface area contributed by atoms with Crippen molar-refractivity contribution in [3.05, 3.63) is 91.0 Å². The molecule has 1 heteroatoms. The lowest BCUT2D eigenvalue weighted by Gasteiger charge is -2.15.